The van der Waals surface area contributed by atoms with Gasteiger partial charge in [-0.05, 0) is 18.2 Å². The van der Waals surface area contributed by atoms with E-state index in [0.717, 1.165) is 0 Å². The number of hydrogen-bond acceptors (Lipinski definition) is 4. The van der Waals surface area contributed by atoms with Crippen LogP contribution in [0.5, 0.6) is 5.75 Å². The summed E-state index contributed by atoms with van der Waals surface area (Å²) in [5, 5.41) is 12.3. The van der Waals surface area contributed by atoms with E-state index in [9.17, 15) is 8.78 Å². The van der Waals surface area contributed by atoms with Crippen LogP contribution in [0.3, 0.4) is 0 Å². The molecule has 2 N–H and O–H groups in total. The fraction of sp³-hybridized carbons (Fsp3) is 0.571. The maximum atomic E-state index is 14.4. The SMILES string of the molecule is COc1ccc(Br)cc1[C@@H](N1CCNCC1)C(F)(F)CO. The van der Waals surface area contributed by atoms with Gasteiger partial charge in [-0.1, -0.05) is 15.9 Å². The predicted molar refractivity (Wildman–Crippen MR) is 79.9 cm³/mol. The minimum absolute atomic E-state index is 0.382. The lowest BCUT2D eigenvalue weighted by Crippen LogP contribution is -2.51. The molecule has 0 radical (unpaired) electrons. The zero-order chi connectivity index (χ0) is 15.5. The Hall–Kier alpha value is -0.760. The molecule has 1 aromatic rings. The van der Waals surface area contributed by atoms with Crippen LogP contribution in [0.15, 0.2) is 22.7 Å². The molecule has 0 aromatic heterocycles. The topological polar surface area (TPSA) is 44.7 Å². The molecule has 0 spiro atoms. The van der Waals surface area contributed by atoms with Crippen LogP contribution >= 0.6 is 15.9 Å². The Kier molecular flexibility index (Phi) is 5.54. The minimum atomic E-state index is -3.24. The number of benzene rings is 1. The number of halogens is 3. The van der Waals surface area contributed by atoms with Crippen molar-refractivity contribution in [1.82, 2.24) is 10.2 Å². The molecule has 0 amide bonds. The molecule has 0 saturated carbocycles. The fourth-order valence-electron chi connectivity index (χ4n) is 2.64. The van der Waals surface area contributed by atoms with Crippen LogP contribution in [0.2, 0.25) is 0 Å². The molecule has 2 rings (SSSR count). The Morgan fingerprint density at radius 2 is 2.10 bits per heavy atom. The Balaban J connectivity index is 2.46. The van der Waals surface area contributed by atoms with Crippen LogP contribution in [0.1, 0.15) is 11.6 Å². The quantitative estimate of drug-likeness (QED) is 0.838. The molecule has 1 saturated heterocycles. The van der Waals surface area contributed by atoms with Gasteiger partial charge in [0, 0.05) is 36.2 Å². The first-order chi connectivity index (χ1) is 9.99. The van der Waals surface area contributed by atoms with Gasteiger partial charge in [-0.2, -0.15) is 0 Å². The highest BCUT2D eigenvalue weighted by Gasteiger charge is 2.45. The van der Waals surface area contributed by atoms with Gasteiger partial charge in [-0.3, -0.25) is 4.90 Å². The van der Waals surface area contributed by atoms with Crippen molar-refractivity contribution in [2.24, 2.45) is 0 Å². The van der Waals surface area contributed by atoms with Crippen molar-refractivity contribution in [1.29, 1.82) is 0 Å². The number of piperazine rings is 1. The molecule has 4 nitrogen and oxygen atoms in total. The van der Waals surface area contributed by atoms with Crippen LogP contribution in [0.25, 0.3) is 0 Å². The smallest absolute Gasteiger partial charge is 0.290 e. The van der Waals surface area contributed by atoms with Gasteiger partial charge in [-0.15, -0.1) is 0 Å². The molecule has 0 unspecified atom stereocenters. The van der Waals surface area contributed by atoms with E-state index in [0.29, 0.717) is 42.0 Å². The first-order valence-electron chi connectivity index (χ1n) is 6.76. The lowest BCUT2D eigenvalue weighted by Gasteiger charge is -2.39. The predicted octanol–water partition coefficient (Wildman–Crippen LogP) is 2.03. The van der Waals surface area contributed by atoms with E-state index in [2.05, 4.69) is 21.2 Å². The Morgan fingerprint density at radius 3 is 2.67 bits per heavy atom. The van der Waals surface area contributed by atoms with Gasteiger partial charge in [0.1, 0.15) is 18.4 Å². The number of methoxy groups -OCH3 is 1. The van der Waals surface area contributed by atoms with Crippen molar-refractivity contribution in [2.75, 3.05) is 39.9 Å². The summed E-state index contributed by atoms with van der Waals surface area (Å²) in [6.07, 6.45) is 0. The number of alkyl halides is 2. The maximum Gasteiger partial charge on any atom is 0.290 e. The van der Waals surface area contributed by atoms with Crippen LogP contribution in [-0.2, 0) is 0 Å². The summed E-state index contributed by atoms with van der Waals surface area (Å²) in [5.74, 6) is -2.85. The third-order valence-corrected chi connectivity index (χ3v) is 4.11. The highest BCUT2D eigenvalue weighted by Crippen LogP contribution is 2.41. The summed E-state index contributed by atoms with van der Waals surface area (Å²) in [6, 6.07) is 3.82. The zero-order valence-corrected chi connectivity index (χ0v) is 13.4. The normalized spacial score (nSPS) is 18.5. The summed E-state index contributed by atoms with van der Waals surface area (Å²) >= 11 is 3.31. The molecule has 1 aromatic carbocycles. The van der Waals surface area contributed by atoms with Crippen LogP contribution in [0.4, 0.5) is 8.78 Å². The number of rotatable bonds is 5. The number of aliphatic hydroxyl groups excluding tert-OH is 1. The molecular weight excluding hydrogens is 346 g/mol. The molecule has 1 fully saturated rings. The Morgan fingerprint density at radius 1 is 1.43 bits per heavy atom. The third kappa shape index (κ3) is 3.71. The largest absolute Gasteiger partial charge is 0.496 e. The van der Waals surface area contributed by atoms with Gasteiger partial charge in [0.15, 0.2) is 0 Å². The van der Waals surface area contributed by atoms with E-state index < -0.39 is 18.6 Å². The van der Waals surface area contributed by atoms with Gasteiger partial charge in [0.25, 0.3) is 5.92 Å². The Bertz CT molecular complexity index is 482. The first kappa shape index (κ1) is 16.6. The summed E-state index contributed by atoms with van der Waals surface area (Å²) in [5.41, 5.74) is 0.382. The molecule has 21 heavy (non-hydrogen) atoms. The zero-order valence-electron chi connectivity index (χ0n) is 11.8. The van der Waals surface area contributed by atoms with Gasteiger partial charge in [0.05, 0.1) is 7.11 Å². The number of nitrogens with one attached hydrogen (secondary N) is 1. The van der Waals surface area contributed by atoms with E-state index in [-0.39, 0.29) is 0 Å². The maximum absolute atomic E-state index is 14.4. The average Bonchev–Trinajstić information content (AvgIpc) is 2.48. The molecular formula is C14H19BrF2N2O2. The summed E-state index contributed by atoms with van der Waals surface area (Å²) < 4.78 is 34.6. The van der Waals surface area contributed by atoms with E-state index in [1.54, 1.807) is 23.1 Å². The summed E-state index contributed by atoms with van der Waals surface area (Å²) in [6.45, 7) is 1.09. The van der Waals surface area contributed by atoms with Crippen molar-refractivity contribution in [3.8, 4) is 5.75 Å². The molecule has 1 heterocycles. The fourth-order valence-corrected chi connectivity index (χ4v) is 3.02. The number of aliphatic hydroxyl groups is 1. The number of ether oxygens (including phenoxy) is 1. The highest BCUT2D eigenvalue weighted by molar-refractivity contribution is 9.10. The monoisotopic (exact) mass is 364 g/mol. The summed E-state index contributed by atoms with van der Waals surface area (Å²) in [4.78, 5) is 1.69. The molecule has 0 bridgehead atoms. The third-order valence-electron chi connectivity index (χ3n) is 3.61. The molecule has 1 aliphatic rings. The number of nitrogens with zero attached hydrogens (tertiary/aromatic N) is 1. The molecule has 1 atom stereocenters. The second-order valence-electron chi connectivity index (χ2n) is 4.99. The van der Waals surface area contributed by atoms with Crippen molar-refractivity contribution in [3.05, 3.63) is 28.2 Å². The average molecular weight is 365 g/mol. The van der Waals surface area contributed by atoms with Gasteiger partial charge >= 0.3 is 0 Å². The van der Waals surface area contributed by atoms with Crippen LogP contribution < -0.4 is 10.1 Å². The molecule has 7 heteroatoms. The molecule has 0 aliphatic carbocycles. The van der Waals surface area contributed by atoms with E-state index in [1.165, 1.54) is 7.11 Å². The van der Waals surface area contributed by atoms with Crippen molar-refractivity contribution in [3.63, 3.8) is 0 Å². The second kappa shape index (κ2) is 7.00. The van der Waals surface area contributed by atoms with E-state index in [4.69, 9.17) is 9.84 Å². The van der Waals surface area contributed by atoms with Crippen molar-refractivity contribution >= 4 is 15.9 Å². The lowest BCUT2D eigenvalue weighted by molar-refractivity contribution is -0.119. The number of hydrogen-bond donors (Lipinski definition) is 2. The van der Waals surface area contributed by atoms with E-state index in [1.807, 2.05) is 0 Å². The molecule has 118 valence electrons. The first-order valence-corrected chi connectivity index (χ1v) is 7.56. The standard InChI is InChI=1S/C14H19BrF2N2O2/c1-21-12-3-2-10(15)8-11(12)13(14(16,17)9-20)19-6-4-18-5-7-19/h2-3,8,13,18,20H,4-7,9H2,1H3/t13-/m1/s1. The molecule has 1 aliphatic heterocycles. The van der Waals surface area contributed by atoms with Crippen molar-refractivity contribution < 1.29 is 18.6 Å². The van der Waals surface area contributed by atoms with Gasteiger partial charge in [0.2, 0.25) is 0 Å². The minimum Gasteiger partial charge on any atom is -0.496 e. The lowest BCUT2D eigenvalue weighted by atomic mass is 9.97. The van der Waals surface area contributed by atoms with Crippen LogP contribution in [0, 0.1) is 0 Å². The van der Waals surface area contributed by atoms with Gasteiger partial charge < -0.3 is 15.2 Å². The van der Waals surface area contributed by atoms with Crippen molar-refractivity contribution in [2.45, 2.75) is 12.0 Å². The summed E-state index contributed by atoms with van der Waals surface area (Å²) in [7, 11) is 1.46. The van der Waals surface area contributed by atoms with Crippen LogP contribution in [-0.4, -0.2) is 55.8 Å². The highest BCUT2D eigenvalue weighted by atomic mass is 79.9. The second-order valence-corrected chi connectivity index (χ2v) is 5.91. The van der Waals surface area contributed by atoms with Gasteiger partial charge in [-0.25, -0.2) is 8.78 Å². The Labute approximate surface area is 131 Å². The van der Waals surface area contributed by atoms with E-state index >= 15 is 0 Å².